The SMILES string of the molecule is CCC(N)=C(C(=O)OCC(=O)c1ccc(F)cc1CC)C(N)=NCCCNCCO. The first-order chi connectivity index (χ1) is 14.3. The number of nitrogens with one attached hydrogen (secondary N) is 1. The van der Waals surface area contributed by atoms with Gasteiger partial charge in [0.05, 0.1) is 6.61 Å². The summed E-state index contributed by atoms with van der Waals surface area (Å²) in [6.45, 7) is 4.57. The molecule has 1 rings (SSSR count). The van der Waals surface area contributed by atoms with Gasteiger partial charge in [0, 0.05) is 24.4 Å². The molecule has 0 aliphatic carbocycles. The fourth-order valence-electron chi connectivity index (χ4n) is 2.67. The molecule has 0 bridgehead atoms. The van der Waals surface area contributed by atoms with Gasteiger partial charge in [-0.2, -0.15) is 0 Å². The summed E-state index contributed by atoms with van der Waals surface area (Å²) in [5.41, 5.74) is 12.9. The molecule has 0 saturated heterocycles. The summed E-state index contributed by atoms with van der Waals surface area (Å²) in [5.74, 6) is -1.76. The second kappa shape index (κ2) is 13.4. The zero-order chi connectivity index (χ0) is 22.5. The van der Waals surface area contributed by atoms with Crippen molar-refractivity contribution in [2.45, 2.75) is 33.1 Å². The number of carbonyl (C=O) groups excluding carboxylic acids is 2. The highest BCUT2D eigenvalue weighted by Crippen LogP contribution is 2.14. The minimum Gasteiger partial charge on any atom is -0.454 e. The van der Waals surface area contributed by atoms with E-state index in [-0.39, 0.29) is 23.7 Å². The van der Waals surface area contributed by atoms with E-state index < -0.39 is 24.2 Å². The maximum Gasteiger partial charge on any atom is 0.344 e. The molecule has 0 unspecified atom stereocenters. The molecule has 0 fully saturated rings. The number of hydrogen-bond acceptors (Lipinski definition) is 7. The van der Waals surface area contributed by atoms with E-state index in [1.807, 2.05) is 0 Å². The Morgan fingerprint density at radius 2 is 1.97 bits per heavy atom. The fourth-order valence-corrected chi connectivity index (χ4v) is 2.67. The largest absolute Gasteiger partial charge is 0.454 e. The van der Waals surface area contributed by atoms with Gasteiger partial charge in [0.25, 0.3) is 0 Å². The normalized spacial score (nSPS) is 12.5. The van der Waals surface area contributed by atoms with Crippen LogP contribution in [-0.2, 0) is 16.0 Å². The van der Waals surface area contributed by atoms with Crippen LogP contribution in [0.4, 0.5) is 4.39 Å². The van der Waals surface area contributed by atoms with Crippen molar-refractivity contribution >= 4 is 17.6 Å². The minimum atomic E-state index is -0.831. The number of hydrogen-bond donors (Lipinski definition) is 4. The first kappa shape index (κ1) is 25.3. The second-order valence-corrected chi connectivity index (χ2v) is 6.50. The van der Waals surface area contributed by atoms with E-state index in [0.717, 1.165) is 0 Å². The van der Waals surface area contributed by atoms with Crippen molar-refractivity contribution in [3.8, 4) is 0 Å². The van der Waals surface area contributed by atoms with Crippen LogP contribution in [-0.4, -0.2) is 55.5 Å². The van der Waals surface area contributed by atoms with Gasteiger partial charge in [0.1, 0.15) is 17.2 Å². The van der Waals surface area contributed by atoms with Crippen LogP contribution in [0.25, 0.3) is 0 Å². The lowest BCUT2D eigenvalue weighted by atomic mass is 10.0. The maximum absolute atomic E-state index is 13.4. The number of ether oxygens (including phenoxy) is 1. The third kappa shape index (κ3) is 7.92. The molecular formula is C21H31FN4O4. The number of nitrogens with two attached hydrogens (primary N) is 2. The van der Waals surface area contributed by atoms with Gasteiger partial charge in [-0.15, -0.1) is 0 Å². The Hall–Kier alpha value is -2.78. The third-order valence-electron chi connectivity index (χ3n) is 4.33. The molecule has 0 aliphatic rings. The summed E-state index contributed by atoms with van der Waals surface area (Å²) >= 11 is 0. The van der Waals surface area contributed by atoms with E-state index in [0.29, 0.717) is 50.0 Å². The van der Waals surface area contributed by atoms with Crippen LogP contribution in [0.3, 0.4) is 0 Å². The number of rotatable bonds is 13. The molecular weight excluding hydrogens is 391 g/mol. The highest BCUT2D eigenvalue weighted by atomic mass is 19.1. The number of carbonyl (C=O) groups is 2. The summed E-state index contributed by atoms with van der Waals surface area (Å²) in [7, 11) is 0. The molecule has 0 aliphatic heterocycles. The number of nitrogens with zero attached hydrogens (tertiary/aromatic N) is 1. The number of Topliss-reactive ketones (excluding diaryl/α,β-unsaturated/α-hetero) is 1. The van der Waals surface area contributed by atoms with Gasteiger partial charge in [-0.05, 0) is 49.6 Å². The highest BCUT2D eigenvalue weighted by molar-refractivity contribution is 6.19. The van der Waals surface area contributed by atoms with Crippen molar-refractivity contribution in [2.24, 2.45) is 16.5 Å². The zero-order valence-corrected chi connectivity index (χ0v) is 17.5. The van der Waals surface area contributed by atoms with Gasteiger partial charge in [-0.25, -0.2) is 9.18 Å². The topological polar surface area (TPSA) is 140 Å². The molecule has 0 amide bonds. The Balaban J connectivity index is 2.79. The lowest BCUT2D eigenvalue weighted by Gasteiger charge is -2.12. The molecule has 1 aromatic rings. The van der Waals surface area contributed by atoms with E-state index in [2.05, 4.69) is 10.3 Å². The molecule has 0 spiro atoms. The predicted molar refractivity (Wildman–Crippen MR) is 114 cm³/mol. The summed E-state index contributed by atoms with van der Waals surface area (Å²) in [5, 5.41) is 11.7. The van der Waals surface area contributed by atoms with Crippen molar-refractivity contribution in [2.75, 3.05) is 32.8 Å². The summed E-state index contributed by atoms with van der Waals surface area (Å²) in [4.78, 5) is 29.1. The van der Waals surface area contributed by atoms with Crippen molar-refractivity contribution in [3.05, 3.63) is 46.4 Å². The first-order valence-electron chi connectivity index (χ1n) is 9.94. The number of halogens is 1. The van der Waals surface area contributed by atoms with Crippen LogP contribution in [0.2, 0.25) is 0 Å². The van der Waals surface area contributed by atoms with Gasteiger partial charge in [-0.3, -0.25) is 9.79 Å². The molecule has 9 heteroatoms. The maximum atomic E-state index is 13.4. The molecule has 0 saturated carbocycles. The number of aliphatic imine (C=N–C) groups is 1. The predicted octanol–water partition coefficient (Wildman–Crippen LogP) is 1.07. The number of ketones is 1. The molecule has 30 heavy (non-hydrogen) atoms. The fraction of sp³-hybridized carbons (Fsp3) is 0.476. The standard InChI is InChI=1S/C21H31FN4O4/c1-3-14-12-15(22)6-7-16(14)18(28)13-30-21(29)19(17(23)4-2)20(24)26-9-5-8-25-10-11-27/h6-7,12,25,27H,3-5,8-11,13,23H2,1-2H3,(H2,24,26). The summed E-state index contributed by atoms with van der Waals surface area (Å²) < 4.78 is 18.5. The number of aliphatic hydroxyl groups excluding tert-OH is 1. The molecule has 6 N–H and O–H groups in total. The van der Waals surface area contributed by atoms with E-state index in [4.69, 9.17) is 21.3 Å². The summed E-state index contributed by atoms with van der Waals surface area (Å²) in [6.07, 6.45) is 1.47. The highest BCUT2D eigenvalue weighted by Gasteiger charge is 2.21. The average molecular weight is 423 g/mol. The van der Waals surface area contributed by atoms with E-state index in [1.165, 1.54) is 18.2 Å². The monoisotopic (exact) mass is 422 g/mol. The molecule has 0 radical (unpaired) electrons. The van der Waals surface area contributed by atoms with Gasteiger partial charge >= 0.3 is 5.97 Å². The lowest BCUT2D eigenvalue weighted by molar-refractivity contribution is -0.137. The Labute approximate surface area is 176 Å². The first-order valence-corrected chi connectivity index (χ1v) is 9.94. The van der Waals surface area contributed by atoms with Gasteiger partial charge in [0.15, 0.2) is 6.61 Å². The molecule has 166 valence electrons. The van der Waals surface area contributed by atoms with Gasteiger partial charge < -0.3 is 26.6 Å². The van der Waals surface area contributed by atoms with E-state index in [1.54, 1.807) is 13.8 Å². The van der Waals surface area contributed by atoms with Crippen LogP contribution < -0.4 is 16.8 Å². The quantitative estimate of drug-likeness (QED) is 0.0930. The van der Waals surface area contributed by atoms with Gasteiger partial charge in [-0.1, -0.05) is 13.8 Å². The van der Waals surface area contributed by atoms with Crippen molar-refractivity contribution < 1.29 is 23.8 Å². The summed E-state index contributed by atoms with van der Waals surface area (Å²) in [6, 6.07) is 3.85. The second-order valence-electron chi connectivity index (χ2n) is 6.50. The zero-order valence-electron chi connectivity index (χ0n) is 17.5. The van der Waals surface area contributed by atoms with Crippen LogP contribution in [0.15, 0.2) is 34.5 Å². The minimum absolute atomic E-state index is 0.0492. The van der Waals surface area contributed by atoms with Crippen molar-refractivity contribution in [1.82, 2.24) is 5.32 Å². The average Bonchev–Trinajstić information content (AvgIpc) is 2.74. The molecule has 1 aromatic carbocycles. The van der Waals surface area contributed by atoms with Crippen molar-refractivity contribution in [3.63, 3.8) is 0 Å². The third-order valence-corrected chi connectivity index (χ3v) is 4.33. The van der Waals surface area contributed by atoms with Crippen LogP contribution in [0, 0.1) is 5.82 Å². The number of amidine groups is 1. The molecule has 0 aromatic heterocycles. The number of esters is 1. The van der Waals surface area contributed by atoms with Crippen LogP contribution >= 0.6 is 0 Å². The van der Waals surface area contributed by atoms with E-state index in [9.17, 15) is 14.0 Å². The molecule has 8 nitrogen and oxygen atoms in total. The van der Waals surface area contributed by atoms with Gasteiger partial charge in [0.2, 0.25) is 5.78 Å². The number of aryl methyl sites for hydroxylation is 1. The van der Waals surface area contributed by atoms with Crippen molar-refractivity contribution in [1.29, 1.82) is 0 Å². The molecule has 0 heterocycles. The Morgan fingerprint density at radius 1 is 1.23 bits per heavy atom. The van der Waals surface area contributed by atoms with Crippen LogP contribution in [0.5, 0.6) is 0 Å². The van der Waals surface area contributed by atoms with E-state index >= 15 is 0 Å². The Kier molecular flexibility index (Phi) is 11.3. The Morgan fingerprint density at radius 3 is 2.60 bits per heavy atom. The number of allylic oxidation sites excluding steroid dienone is 1. The Bertz CT molecular complexity index is 793. The lowest BCUT2D eigenvalue weighted by Crippen LogP contribution is -2.29. The number of aliphatic hydroxyl groups is 1. The van der Waals surface area contributed by atoms with Crippen LogP contribution in [0.1, 0.15) is 42.6 Å². The molecule has 0 atom stereocenters. The smallest absolute Gasteiger partial charge is 0.344 e. The number of benzene rings is 1.